The van der Waals surface area contributed by atoms with Crippen LogP contribution in [0.4, 0.5) is 0 Å². The number of esters is 1. The molecule has 7 heterocycles. The van der Waals surface area contributed by atoms with Crippen LogP contribution >= 0.6 is 0 Å². The van der Waals surface area contributed by atoms with E-state index in [9.17, 15) is 107 Å². The topological polar surface area (TPSA) is 571 Å². The first-order valence-corrected chi connectivity index (χ1v) is 37.6. The van der Waals surface area contributed by atoms with E-state index in [1.807, 2.05) is 0 Å². The minimum Gasteiger partial charge on any atom is -0.432 e. The van der Waals surface area contributed by atoms with E-state index in [2.05, 4.69) is 54.5 Å². The van der Waals surface area contributed by atoms with Crippen LogP contribution in [-0.4, -0.2) is 368 Å². The lowest BCUT2D eigenvalue weighted by atomic mass is 9.33. The van der Waals surface area contributed by atoms with Crippen molar-refractivity contribution in [1.29, 1.82) is 0 Å². The fourth-order valence-corrected chi connectivity index (χ4v) is 20.5. The largest absolute Gasteiger partial charge is 0.432 e. The molecule has 0 aromatic carbocycles. The molecule has 36 heteroatoms. The van der Waals surface area contributed by atoms with Crippen molar-refractivity contribution < 1.29 is 178 Å². The molecule has 0 bridgehead atoms. The maximum absolute atomic E-state index is 15.4. The van der Waals surface area contributed by atoms with Gasteiger partial charge in [0, 0.05) is 0 Å². The normalized spacial score (nSPS) is 54.2. The number of carbonyl (C=O) groups excluding carboxylic acids is 1. The molecule has 5 aliphatic carbocycles. The number of ether oxygens (including phenoxy) is 14. The molecule has 0 spiro atoms. The fraction of sp³-hybridized carbons (Fsp3) is 0.958. The Morgan fingerprint density at radius 1 is 0.439 bits per heavy atom. The van der Waals surface area contributed by atoms with Crippen LogP contribution < -0.4 is 0 Å². The molecule has 21 N–H and O–H groups in total. The molecule has 616 valence electrons. The molecule has 7 aliphatic heterocycles. The Hall–Kier alpha value is -2.15. The summed E-state index contributed by atoms with van der Waals surface area (Å²) in [5, 5.41) is 229. The van der Waals surface area contributed by atoms with E-state index in [0.717, 1.165) is 12.0 Å². The number of hydrogen-bond donors (Lipinski definition) is 21. The van der Waals surface area contributed by atoms with Gasteiger partial charge in [-0.2, -0.15) is 0 Å². The average molecular weight is 1550 g/mol. The molecule has 0 aromatic rings. The van der Waals surface area contributed by atoms with Crippen molar-refractivity contribution in [2.24, 2.45) is 50.2 Å². The molecule has 0 amide bonds. The molecule has 0 unspecified atom stereocenters. The number of fused-ring (bicyclic) bond motifs is 7. The summed E-state index contributed by atoms with van der Waals surface area (Å²) in [7, 11) is 0. The first-order chi connectivity index (χ1) is 50.3. The van der Waals surface area contributed by atoms with Gasteiger partial charge in [0.1, 0.15) is 159 Å². The molecule has 0 aromatic heterocycles. The summed E-state index contributed by atoms with van der Waals surface area (Å²) in [5.74, 6) is -0.978. The van der Waals surface area contributed by atoms with E-state index in [1.165, 1.54) is 6.92 Å². The van der Waals surface area contributed by atoms with Gasteiger partial charge >= 0.3 is 5.97 Å². The van der Waals surface area contributed by atoms with Crippen LogP contribution in [0.15, 0.2) is 11.6 Å². The highest BCUT2D eigenvalue weighted by Gasteiger charge is 2.71. The lowest BCUT2D eigenvalue weighted by Gasteiger charge is -2.71. The third-order valence-electron chi connectivity index (χ3n) is 27.3. The highest BCUT2D eigenvalue weighted by Crippen LogP contribution is 2.76. The van der Waals surface area contributed by atoms with Crippen molar-refractivity contribution in [3.8, 4) is 0 Å². The summed E-state index contributed by atoms with van der Waals surface area (Å²) in [6.45, 7) is 12.3. The maximum Gasteiger partial charge on any atom is 0.315 e. The Bertz CT molecular complexity index is 3020. The number of allylic oxidation sites excluding steroid dienone is 2. The highest BCUT2D eigenvalue weighted by molar-refractivity contribution is 5.79. The standard InChI is InChI=1S/C71H116O36/c1-26-38(77)43(82)48(87)59(96-26)104-55-33(23-75)100-58(52(91)47(55)86)95-25-34-41(80)46(85)51(90)62(101-34)107-65(93)71-17-15-66(2,3)19-28(71)27-9-10-36-68(6)13-12-37(67(4,5)35(68)11-14-70(36,8)69(27,7)16-18-71)102-64-57(106-61-50(89)45(84)40(79)31(21-73)98-61)54(29(76)24-94-64)103-63-53(92)56(42(81)32(22-74)99-63)105-60-49(88)44(83)39(78)30(20-72)97-60/h9,26,28-64,72-92H,10-25H2,1-8H3/t26-,28+,29+,30-,31-,32-,33-,34-,35+,36-,37+,38-,39-,40-,41-,42-,43+,44+,45+,46+,47-,48-,49-,50-,51-,52-,53-,54+,55-,56+,57-,58-,59-,60+,61+,62+,63+,64+,68+,69-,70-,71+/m1/s1. The maximum atomic E-state index is 15.4. The summed E-state index contributed by atoms with van der Waals surface area (Å²) in [5.41, 5.74) is -2.11. The molecular weight excluding hydrogens is 1430 g/mol. The van der Waals surface area contributed by atoms with Crippen LogP contribution in [0.3, 0.4) is 0 Å². The van der Waals surface area contributed by atoms with Crippen LogP contribution in [0.2, 0.25) is 0 Å². The molecule has 11 fully saturated rings. The number of aliphatic hydroxyl groups is 21. The van der Waals surface area contributed by atoms with Crippen LogP contribution in [-0.2, 0) is 71.1 Å². The number of aliphatic hydroxyl groups excluding tert-OH is 21. The summed E-state index contributed by atoms with van der Waals surface area (Å²) in [6, 6.07) is 0. The van der Waals surface area contributed by atoms with Gasteiger partial charge in [-0.05, 0) is 116 Å². The summed E-state index contributed by atoms with van der Waals surface area (Å²) >= 11 is 0. The first-order valence-electron chi connectivity index (χ1n) is 37.6. The molecule has 0 radical (unpaired) electrons. The van der Waals surface area contributed by atoms with E-state index in [-0.39, 0.29) is 34.0 Å². The van der Waals surface area contributed by atoms with E-state index < -0.39 is 277 Å². The third kappa shape index (κ3) is 14.9. The number of hydrogen-bond acceptors (Lipinski definition) is 36. The van der Waals surface area contributed by atoms with Gasteiger partial charge in [-0.3, -0.25) is 4.79 Å². The predicted molar refractivity (Wildman–Crippen MR) is 353 cm³/mol. The highest BCUT2D eigenvalue weighted by atomic mass is 16.8. The second-order valence-electron chi connectivity index (χ2n) is 34.3. The smallest absolute Gasteiger partial charge is 0.315 e. The van der Waals surface area contributed by atoms with Gasteiger partial charge in [-0.15, -0.1) is 0 Å². The quantitative estimate of drug-likeness (QED) is 0.0325. The monoisotopic (exact) mass is 1540 g/mol. The second kappa shape index (κ2) is 32.1. The van der Waals surface area contributed by atoms with Gasteiger partial charge < -0.3 is 174 Å². The lowest BCUT2D eigenvalue weighted by Crippen LogP contribution is -2.67. The fourth-order valence-electron chi connectivity index (χ4n) is 20.5. The van der Waals surface area contributed by atoms with E-state index in [0.29, 0.717) is 57.8 Å². The lowest BCUT2D eigenvalue weighted by molar-refractivity contribution is -0.397. The van der Waals surface area contributed by atoms with Crippen molar-refractivity contribution in [2.45, 2.75) is 335 Å². The van der Waals surface area contributed by atoms with Crippen molar-refractivity contribution in [1.82, 2.24) is 0 Å². The Morgan fingerprint density at radius 3 is 1.52 bits per heavy atom. The molecule has 42 atom stereocenters. The number of rotatable bonds is 19. The first kappa shape index (κ1) is 84.3. The Labute approximate surface area is 618 Å². The van der Waals surface area contributed by atoms with Gasteiger partial charge in [0.2, 0.25) is 6.29 Å². The van der Waals surface area contributed by atoms with Crippen LogP contribution in [0.25, 0.3) is 0 Å². The van der Waals surface area contributed by atoms with Gasteiger partial charge in [0.25, 0.3) is 0 Å². The van der Waals surface area contributed by atoms with E-state index >= 15 is 4.79 Å². The Kier molecular flexibility index (Phi) is 25.3. The summed E-state index contributed by atoms with van der Waals surface area (Å²) in [6.07, 6.45) is -52.1. The zero-order valence-corrected chi connectivity index (χ0v) is 61.3. The zero-order chi connectivity index (χ0) is 78.0. The van der Waals surface area contributed by atoms with E-state index in [1.54, 1.807) is 0 Å². The van der Waals surface area contributed by atoms with Crippen LogP contribution in [0.5, 0.6) is 0 Å². The molecule has 7 saturated heterocycles. The minimum absolute atomic E-state index is 0.0347. The Balaban J connectivity index is 0.751. The van der Waals surface area contributed by atoms with Gasteiger partial charge in [0.15, 0.2) is 37.7 Å². The predicted octanol–water partition coefficient (Wildman–Crippen LogP) is -6.90. The molecular formula is C71H116O36. The Morgan fingerprint density at radius 2 is 0.925 bits per heavy atom. The van der Waals surface area contributed by atoms with Crippen molar-refractivity contribution in [3.05, 3.63) is 11.6 Å². The van der Waals surface area contributed by atoms with Crippen molar-refractivity contribution >= 4 is 5.97 Å². The molecule has 4 saturated carbocycles. The van der Waals surface area contributed by atoms with Gasteiger partial charge in [-0.25, -0.2) is 0 Å². The van der Waals surface area contributed by atoms with Crippen LogP contribution in [0.1, 0.15) is 120 Å². The molecule has 36 nitrogen and oxygen atoms in total. The van der Waals surface area contributed by atoms with Crippen molar-refractivity contribution in [3.63, 3.8) is 0 Å². The molecule has 12 aliphatic rings. The van der Waals surface area contributed by atoms with E-state index in [4.69, 9.17) is 66.3 Å². The van der Waals surface area contributed by atoms with Crippen molar-refractivity contribution in [2.75, 3.05) is 39.6 Å². The third-order valence-corrected chi connectivity index (χ3v) is 27.3. The summed E-state index contributed by atoms with van der Waals surface area (Å²) in [4.78, 5) is 15.4. The SMILES string of the molecule is C[C@H]1O[C@H](O[C@H]2[C@H](O)[C@@H](O)[C@H](OC[C@H]3O[C@@H](OC(=O)[C@]45CCC(C)(C)C[C@H]4C4=CC[C@@H]6[C@@]7(C)CC[C@H](O[C@@H]8OC[C@H](O)[C@H](O[C@@H]9O[C@H](CO)[C@@H](O)[C@H](O[C@@H]%10O[C@H](CO)[C@@H](O)[C@H](O)[C@H]%10O)[C@H]9O)[C@H]8O[C@@H]8O[C@H](CO)[C@@H](O)[C@H](O)[C@H]8O)C(C)(C)[C@@H]7CC[C@@]6(C)[C@]4(C)CC5)[C@H](O)[C@@H](O)[C@@H]3O)O[C@@H]2CO)[C@H](O)[C@@H](O)[C@@H]1O. The number of carbonyl (C=O) groups is 1. The second-order valence-corrected chi connectivity index (χ2v) is 34.3. The van der Waals surface area contributed by atoms with Gasteiger partial charge in [-0.1, -0.05) is 60.1 Å². The molecule has 107 heavy (non-hydrogen) atoms. The van der Waals surface area contributed by atoms with Crippen LogP contribution in [0, 0.1) is 50.2 Å². The zero-order valence-electron chi connectivity index (χ0n) is 61.3. The molecule has 12 rings (SSSR count). The minimum atomic E-state index is -2.08. The average Bonchev–Trinajstić information content (AvgIpc) is 0.679. The summed E-state index contributed by atoms with van der Waals surface area (Å²) < 4.78 is 84.2. The van der Waals surface area contributed by atoms with Gasteiger partial charge in [0.05, 0.1) is 57.3 Å².